The number of rotatable bonds is 3. The number of furan rings is 2. The molecule has 4 heteroatoms. The van der Waals surface area contributed by atoms with E-state index < -0.39 is 0 Å². The second-order valence-corrected chi connectivity index (χ2v) is 10.4. The van der Waals surface area contributed by atoms with Crippen LogP contribution < -0.4 is 0 Å². The maximum absolute atomic E-state index is 10.4. The van der Waals surface area contributed by atoms with Crippen LogP contribution in [0, 0.1) is 22.7 Å². The van der Waals surface area contributed by atoms with E-state index in [0.29, 0.717) is 11.1 Å². The Morgan fingerprint density at radius 3 is 1.48 bits per heavy atom. The highest BCUT2D eigenvalue weighted by atomic mass is 16.3. The van der Waals surface area contributed by atoms with Crippen LogP contribution in [0.4, 0.5) is 0 Å². The fourth-order valence-corrected chi connectivity index (χ4v) is 5.92. The summed E-state index contributed by atoms with van der Waals surface area (Å²) in [6, 6.07) is 44.6. The van der Waals surface area contributed by atoms with Crippen LogP contribution in [-0.2, 0) is 0 Å². The van der Waals surface area contributed by atoms with Gasteiger partial charge in [0.25, 0.3) is 0 Å². The number of para-hydroxylation sites is 2. The fourth-order valence-electron chi connectivity index (χ4n) is 5.92. The van der Waals surface area contributed by atoms with Gasteiger partial charge in [-0.3, -0.25) is 0 Å². The average molecular weight is 537 g/mol. The maximum atomic E-state index is 10.4. The summed E-state index contributed by atoms with van der Waals surface area (Å²) in [5.41, 5.74) is 10.1. The lowest BCUT2D eigenvalue weighted by molar-refractivity contribution is 0.668. The number of nitrogens with zero attached hydrogens (tertiary/aromatic N) is 2. The van der Waals surface area contributed by atoms with Crippen LogP contribution in [0.1, 0.15) is 11.1 Å². The van der Waals surface area contributed by atoms with Crippen molar-refractivity contribution in [3.8, 4) is 45.5 Å². The molecular formula is C38H20N2O2. The molecule has 0 atom stereocenters. The maximum Gasteiger partial charge on any atom is 0.135 e. The number of benzene rings is 6. The van der Waals surface area contributed by atoms with E-state index in [1.165, 1.54) is 0 Å². The number of hydrogen-bond acceptors (Lipinski definition) is 4. The zero-order chi connectivity index (χ0) is 28.2. The Hall–Kier alpha value is -6.10. The first-order valence-electron chi connectivity index (χ1n) is 13.6. The van der Waals surface area contributed by atoms with Gasteiger partial charge in [-0.2, -0.15) is 10.5 Å². The minimum Gasteiger partial charge on any atom is -0.456 e. The summed E-state index contributed by atoms with van der Waals surface area (Å²) in [5.74, 6) is 0. The highest BCUT2D eigenvalue weighted by molar-refractivity contribution is 6.08. The lowest BCUT2D eigenvalue weighted by atomic mass is 9.87. The summed E-state index contributed by atoms with van der Waals surface area (Å²) >= 11 is 0. The third-order valence-corrected chi connectivity index (χ3v) is 7.98. The Kier molecular flexibility index (Phi) is 5.22. The quantitative estimate of drug-likeness (QED) is 0.225. The van der Waals surface area contributed by atoms with Crippen LogP contribution in [-0.4, -0.2) is 0 Å². The molecule has 2 aromatic heterocycles. The van der Waals surface area contributed by atoms with E-state index in [4.69, 9.17) is 8.83 Å². The summed E-state index contributed by atoms with van der Waals surface area (Å²) in [4.78, 5) is 0. The molecule has 8 aromatic rings. The Morgan fingerprint density at radius 2 is 0.905 bits per heavy atom. The normalized spacial score (nSPS) is 11.3. The second kappa shape index (κ2) is 9.24. The molecule has 6 aromatic carbocycles. The Morgan fingerprint density at radius 1 is 0.405 bits per heavy atom. The molecule has 0 aliphatic rings. The van der Waals surface area contributed by atoms with E-state index in [-0.39, 0.29) is 0 Å². The van der Waals surface area contributed by atoms with Crippen LogP contribution in [0.3, 0.4) is 0 Å². The fraction of sp³-hybridized carbons (Fsp3) is 0. The van der Waals surface area contributed by atoms with Gasteiger partial charge >= 0.3 is 0 Å². The molecule has 0 unspecified atom stereocenters. The van der Waals surface area contributed by atoms with E-state index in [1.54, 1.807) is 0 Å². The number of nitriles is 2. The topological polar surface area (TPSA) is 73.9 Å². The molecule has 0 aliphatic carbocycles. The Balaban J connectivity index is 1.38. The van der Waals surface area contributed by atoms with Crippen molar-refractivity contribution in [3.05, 3.63) is 132 Å². The van der Waals surface area contributed by atoms with E-state index in [9.17, 15) is 10.5 Å². The predicted molar refractivity (Wildman–Crippen MR) is 167 cm³/mol. The van der Waals surface area contributed by atoms with Crippen molar-refractivity contribution in [2.24, 2.45) is 0 Å². The molecule has 4 nitrogen and oxygen atoms in total. The molecule has 42 heavy (non-hydrogen) atoms. The van der Waals surface area contributed by atoms with Gasteiger partial charge in [0.05, 0.1) is 23.3 Å². The Labute approximate surface area is 240 Å². The summed E-state index contributed by atoms with van der Waals surface area (Å²) < 4.78 is 12.1. The van der Waals surface area contributed by atoms with Gasteiger partial charge < -0.3 is 8.83 Å². The third kappa shape index (κ3) is 3.68. The van der Waals surface area contributed by atoms with Gasteiger partial charge in [-0.1, -0.05) is 60.7 Å². The Bertz CT molecular complexity index is 2430. The van der Waals surface area contributed by atoms with E-state index in [0.717, 1.165) is 77.3 Å². The molecule has 0 spiro atoms. The molecule has 0 radical (unpaired) electrons. The van der Waals surface area contributed by atoms with Crippen molar-refractivity contribution >= 4 is 43.9 Å². The van der Waals surface area contributed by atoms with Crippen LogP contribution in [0.25, 0.3) is 77.3 Å². The molecule has 2 heterocycles. The molecule has 0 bridgehead atoms. The second-order valence-electron chi connectivity index (χ2n) is 10.4. The summed E-state index contributed by atoms with van der Waals surface area (Å²) in [5, 5.41) is 23.9. The molecule has 0 amide bonds. The van der Waals surface area contributed by atoms with Crippen LogP contribution in [0.5, 0.6) is 0 Å². The van der Waals surface area contributed by atoms with Gasteiger partial charge in [0, 0.05) is 27.1 Å². The first-order chi connectivity index (χ1) is 20.7. The molecule has 0 aliphatic heterocycles. The zero-order valence-corrected chi connectivity index (χ0v) is 22.3. The monoisotopic (exact) mass is 536 g/mol. The molecular weight excluding hydrogens is 516 g/mol. The number of fused-ring (bicyclic) bond motifs is 6. The standard InChI is InChI=1S/C38H20N2O2/c39-21-23-9-11-24(12-10-23)32-20-30(25-13-15-37-33(17-25)28-5-1-3-7-35(28)41-37)27(22-40)19-31(32)26-14-16-38-34(18-26)29-6-2-4-8-36(29)42-38/h1-20H. The molecule has 0 saturated carbocycles. The van der Waals surface area contributed by atoms with Gasteiger partial charge in [0.1, 0.15) is 22.3 Å². The first-order valence-corrected chi connectivity index (χ1v) is 13.6. The average Bonchev–Trinajstić information content (AvgIpc) is 3.61. The zero-order valence-electron chi connectivity index (χ0n) is 22.3. The van der Waals surface area contributed by atoms with Crippen LogP contribution in [0.15, 0.2) is 130 Å². The van der Waals surface area contributed by atoms with Crippen molar-refractivity contribution in [1.82, 2.24) is 0 Å². The first kappa shape index (κ1) is 23.8. The van der Waals surface area contributed by atoms with Gasteiger partial charge in [-0.25, -0.2) is 0 Å². The summed E-state index contributed by atoms with van der Waals surface area (Å²) in [6.45, 7) is 0. The minimum atomic E-state index is 0.576. The lowest BCUT2D eigenvalue weighted by Crippen LogP contribution is -1.92. The highest BCUT2D eigenvalue weighted by Gasteiger charge is 2.18. The molecule has 8 rings (SSSR count). The molecule has 0 N–H and O–H groups in total. The molecule has 194 valence electrons. The molecule has 0 saturated heterocycles. The largest absolute Gasteiger partial charge is 0.456 e. The van der Waals surface area contributed by atoms with E-state index in [2.05, 4.69) is 42.5 Å². The minimum absolute atomic E-state index is 0.576. The third-order valence-electron chi connectivity index (χ3n) is 7.98. The van der Waals surface area contributed by atoms with Crippen molar-refractivity contribution in [2.75, 3.05) is 0 Å². The van der Waals surface area contributed by atoms with Gasteiger partial charge in [-0.05, 0) is 88.5 Å². The van der Waals surface area contributed by atoms with Crippen molar-refractivity contribution in [3.63, 3.8) is 0 Å². The highest BCUT2D eigenvalue weighted by Crippen LogP contribution is 2.41. The van der Waals surface area contributed by atoms with Crippen molar-refractivity contribution in [1.29, 1.82) is 10.5 Å². The van der Waals surface area contributed by atoms with Gasteiger partial charge in [0.2, 0.25) is 0 Å². The summed E-state index contributed by atoms with van der Waals surface area (Å²) in [7, 11) is 0. The summed E-state index contributed by atoms with van der Waals surface area (Å²) in [6.07, 6.45) is 0. The predicted octanol–water partition coefficient (Wildman–Crippen LogP) is 10.2. The van der Waals surface area contributed by atoms with Crippen LogP contribution >= 0.6 is 0 Å². The smallest absolute Gasteiger partial charge is 0.135 e. The van der Waals surface area contributed by atoms with Crippen molar-refractivity contribution < 1.29 is 8.83 Å². The van der Waals surface area contributed by atoms with Crippen LogP contribution in [0.2, 0.25) is 0 Å². The van der Waals surface area contributed by atoms with Gasteiger partial charge in [0.15, 0.2) is 0 Å². The van der Waals surface area contributed by atoms with Gasteiger partial charge in [-0.15, -0.1) is 0 Å². The van der Waals surface area contributed by atoms with E-state index in [1.807, 2.05) is 91.0 Å². The van der Waals surface area contributed by atoms with Crippen molar-refractivity contribution in [2.45, 2.75) is 0 Å². The SMILES string of the molecule is N#Cc1ccc(-c2cc(-c3ccc4oc5ccccc5c4c3)c(C#N)cc2-c2ccc3oc4ccccc4c3c2)cc1. The van der Waals surface area contributed by atoms with E-state index >= 15 is 0 Å². The molecule has 0 fully saturated rings. The number of hydrogen-bond donors (Lipinski definition) is 0. The lowest BCUT2D eigenvalue weighted by Gasteiger charge is -2.15.